The number of rotatable bonds is 4. The van der Waals surface area contributed by atoms with Crippen LogP contribution in [0, 0.1) is 0 Å². The largest absolute Gasteiger partial charge is 0.352 e. The van der Waals surface area contributed by atoms with E-state index in [1.165, 1.54) is 0 Å². The molecule has 0 saturated carbocycles. The second-order valence-corrected chi connectivity index (χ2v) is 8.33. The maximum atomic E-state index is 12.7. The molecule has 0 unspecified atom stereocenters. The summed E-state index contributed by atoms with van der Waals surface area (Å²) in [4.78, 5) is 34.7. The lowest BCUT2D eigenvalue weighted by atomic mass is 9.96. The second kappa shape index (κ2) is 10.3. The molecular weight excluding hydrogens is 481 g/mol. The molecule has 0 spiro atoms. The molecule has 1 fully saturated rings. The Bertz CT molecular complexity index is 761. The van der Waals surface area contributed by atoms with Crippen LogP contribution in [0.25, 0.3) is 0 Å². The molecular formula is C21H34IN5O2. The molecule has 8 heteroatoms. The monoisotopic (exact) mass is 515 g/mol. The Labute approximate surface area is 191 Å². The van der Waals surface area contributed by atoms with Gasteiger partial charge < -0.3 is 20.0 Å². The highest BCUT2D eigenvalue weighted by atomic mass is 127. The molecule has 7 nitrogen and oxygen atoms in total. The third-order valence-corrected chi connectivity index (χ3v) is 4.88. The number of piperazine rings is 1. The predicted molar refractivity (Wildman–Crippen MR) is 128 cm³/mol. The van der Waals surface area contributed by atoms with Gasteiger partial charge in [-0.05, 0) is 45.4 Å². The lowest BCUT2D eigenvalue weighted by Crippen LogP contribution is -2.66. The average molecular weight is 515 g/mol. The van der Waals surface area contributed by atoms with E-state index in [1.54, 1.807) is 26.0 Å². The Morgan fingerprint density at radius 3 is 2.48 bits per heavy atom. The Morgan fingerprint density at radius 2 is 1.97 bits per heavy atom. The zero-order valence-electron chi connectivity index (χ0n) is 18.5. The lowest BCUT2D eigenvalue weighted by Gasteiger charge is -2.49. The minimum Gasteiger partial charge on any atom is -0.352 e. The molecule has 0 atom stereocenters. The van der Waals surface area contributed by atoms with E-state index in [2.05, 4.69) is 24.2 Å². The van der Waals surface area contributed by atoms with E-state index in [1.807, 2.05) is 47.9 Å². The Morgan fingerprint density at radius 1 is 1.31 bits per heavy atom. The highest BCUT2D eigenvalue weighted by molar-refractivity contribution is 14.0. The van der Waals surface area contributed by atoms with Crippen LogP contribution in [0.15, 0.2) is 29.3 Å². The first-order valence-corrected chi connectivity index (χ1v) is 9.65. The highest BCUT2D eigenvalue weighted by Crippen LogP contribution is 2.24. The molecule has 1 aliphatic rings. The Kier molecular flexibility index (Phi) is 8.92. The molecule has 29 heavy (non-hydrogen) atoms. The first-order chi connectivity index (χ1) is 13.1. The Hall–Kier alpha value is -1.84. The zero-order chi connectivity index (χ0) is 21.1. The van der Waals surface area contributed by atoms with Gasteiger partial charge in [0.25, 0.3) is 5.91 Å². The fourth-order valence-electron chi connectivity index (χ4n) is 3.90. The number of hydrogen-bond acceptors (Lipinski definition) is 3. The van der Waals surface area contributed by atoms with Gasteiger partial charge >= 0.3 is 0 Å². The van der Waals surface area contributed by atoms with Gasteiger partial charge in [-0.1, -0.05) is 12.1 Å². The van der Waals surface area contributed by atoms with Crippen LogP contribution in [-0.4, -0.2) is 78.3 Å². The van der Waals surface area contributed by atoms with Crippen molar-refractivity contribution >= 4 is 41.8 Å². The van der Waals surface area contributed by atoms with Gasteiger partial charge in [-0.3, -0.25) is 14.6 Å². The van der Waals surface area contributed by atoms with Gasteiger partial charge in [0.05, 0.1) is 12.1 Å². The van der Waals surface area contributed by atoms with E-state index < -0.39 is 0 Å². The van der Waals surface area contributed by atoms with E-state index in [-0.39, 0.29) is 47.4 Å². The van der Waals surface area contributed by atoms with Crippen molar-refractivity contribution in [1.29, 1.82) is 0 Å². The number of benzene rings is 1. The third kappa shape index (κ3) is 6.07. The summed E-state index contributed by atoms with van der Waals surface area (Å²) < 4.78 is 0. The van der Waals surface area contributed by atoms with Gasteiger partial charge in [-0.25, -0.2) is 0 Å². The van der Waals surface area contributed by atoms with Crippen molar-refractivity contribution in [2.24, 2.45) is 4.99 Å². The summed E-state index contributed by atoms with van der Waals surface area (Å²) in [5, 5.41) is 3.33. The van der Waals surface area contributed by atoms with Crippen LogP contribution in [-0.2, 0) is 11.3 Å². The quantitative estimate of drug-likeness (QED) is 0.380. The van der Waals surface area contributed by atoms with Gasteiger partial charge in [0, 0.05) is 45.8 Å². The number of aliphatic imine (C=N–C) groups is 1. The summed E-state index contributed by atoms with van der Waals surface area (Å²) >= 11 is 0. The maximum absolute atomic E-state index is 12.7. The molecule has 0 aromatic heterocycles. The number of nitrogens with zero attached hydrogens (tertiary/aromatic N) is 4. The molecule has 1 N–H and O–H groups in total. The Balaban J connectivity index is 0.00000420. The minimum atomic E-state index is -0.279. The van der Waals surface area contributed by atoms with Gasteiger partial charge in [0.1, 0.15) is 0 Å². The van der Waals surface area contributed by atoms with Crippen molar-refractivity contribution in [3.05, 3.63) is 35.4 Å². The van der Waals surface area contributed by atoms with Crippen molar-refractivity contribution < 1.29 is 9.59 Å². The minimum absolute atomic E-state index is 0. The summed E-state index contributed by atoms with van der Waals surface area (Å²) in [5.41, 5.74) is 1.36. The molecule has 1 aromatic carbocycles. The van der Waals surface area contributed by atoms with Crippen molar-refractivity contribution in [1.82, 2.24) is 20.0 Å². The smallest absolute Gasteiger partial charge is 0.253 e. The summed E-state index contributed by atoms with van der Waals surface area (Å²) in [5.74, 6) is 0.769. The molecule has 1 heterocycles. The van der Waals surface area contributed by atoms with Crippen LogP contribution < -0.4 is 5.32 Å². The summed E-state index contributed by atoms with van der Waals surface area (Å²) in [6.07, 6.45) is 0. The van der Waals surface area contributed by atoms with Crippen LogP contribution >= 0.6 is 24.0 Å². The van der Waals surface area contributed by atoms with Crippen LogP contribution in [0.1, 0.15) is 43.6 Å². The van der Waals surface area contributed by atoms with Gasteiger partial charge in [0.2, 0.25) is 5.91 Å². The summed E-state index contributed by atoms with van der Waals surface area (Å²) in [7, 11) is 5.20. The first kappa shape index (κ1) is 25.2. The average Bonchev–Trinajstić information content (AvgIpc) is 2.60. The molecule has 1 aromatic rings. The number of guanidine groups is 1. The van der Waals surface area contributed by atoms with Crippen molar-refractivity contribution in [3.8, 4) is 0 Å². The molecule has 0 bridgehead atoms. The number of carbonyl (C=O) groups is 2. The van der Waals surface area contributed by atoms with Crippen molar-refractivity contribution in [2.75, 3.05) is 34.2 Å². The summed E-state index contributed by atoms with van der Waals surface area (Å²) in [6.45, 7) is 9.80. The van der Waals surface area contributed by atoms with Gasteiger partial charge in [-0.15, -0.1) is 24.0 Å². The van der Waals surface area contributed by atoms with E-state index in [0.29, 0.717) is 31.2 Å². The van der Waals surface area contributed by atoms with E-state index >= 15 is 0 Å². The normalized spacial score (nSPS) is 16.6. The highest BCUT2D eigenvalue weighted by Gasteiger charge is 2.40. The molecule has 0 radical (unpaired) electrons. The first-order valence-electron chi connectivity index (χ1n) is 9.65. The van der Waals surface area contributed by atoms with Gasteiger partial charge in [0.15, 0.2) is 5.96 Å². The number of halogens is 1. The maximum Gasteiger partial charge on any atom is 0.253 e. The van der Waals surface area contributed by atoms with Crippen molar-refractivity contribution in [2.45, 2.75) is 45.8 Å². The number of carbonyl (C=O) groups excluding carboxylic acids is 2. The predicted octanol–water partition coefficient (Wildman–Crippen LogP) is 2.41. The van der Waals surface area contributed by atoms with E-state index in [0.717, 1.165) is 5.56 Å². The molecule has 1 saturated heterocycles. The SMILES string of the molecule is CN=C(NCc1cccc(C(=O)N(C)C)c1)N1CC(=O)N(C(C)C)C(C)(C)C1.I. The van der Waals surface area contributed by atoms with Crippen molar-refractivity contribution in [3.63, 3.8) is 0 Å². The molecule has 2 amide bonds. The van der Waals surface area contributed by atoms with Gasteiger partial charge in [-0.2, -0.15) is 0 Å². The van der Waals surface area contributed by atoms with Crippen LogP contribution in [0.3, 0.4) is 0 Å². The number of hydrogen-bond donors (Lipinski definition) is 1. The molecule has 1 aliphatic heterocycles. The lowest BCUT2D eigenvalue weighted by molar-refractivity contribution is -0.145. The molecule has 2 rings (SSSR count). The molecule has 0 aliphatic carbocycles. The van der Waals surface area contributed by atoms with E-state index in [9.17, 15) is 9.59 Å². The van der Waals surface area contributed by atoms with E-state index in [4.69, 9.17) is 0 Å². The number of nitrogens with one attached hydrogen (secondary N) is 1. The fraction of sp³-hybridized carbons (Fsp3) is 0.571. The van der Waals surface area contributed by atoms with Crippen LogP contribution in [0.5, 0.6) is 0 Å². The topological polar surface area (TPSA) is 68.2 Å². The zero-order valence-corrected chi connectivity index (χ0v) is 20.9. The number of amides is 2. The van der Waals surface area contributed by atoms with Crippen LogP contribution in [0.4, 0.5) is 0 Å². The fourth-order valence-corrected chi connectivity index (χ4v) is 3.90. The second-order valence-electron chi connectivity index (χ2n) is 8.33. The summed E-state index contributed by atoms with van der Waals surface area (Å²) in [6, 6.07) is 7.71. The molecule has 162 valence electrons. The third-order valence-electron chi connectivity index (χ3n) is 4.88. The van der Waals surface area contributed by atoms with Crippen LogP contribution in [0.2, 0.25) is 0 Å². The standard InChI is InChI=1S/C21H33N5O2.HI/c1-15(2)26-18(27)13-25(14-21(26,3)4)20(22-5)23-12-16-9-8-10-17(11-16)19(28)24(6)7;/h8-11,15H,12-14H2,1-7H3,(H,22,23);1H.